The van der Waals surface area contributed by atoms with E-state index in [9.17, 15) is 13.2 Å². The lowest BCUT2D eigenvalue weighted by Crippen LogP contribution is -2.35. The van der Waals surface area contributed by atoms with Crippen LogP contribution in [-0.4, -0.2) is 24.1 Å². The van der Waals surface area contributed by atoms with Gasteiger partial charge in [-0.25, -0.2) is 4.98 Å². The van der Waals surface area contributed by atoms with Crippen molar-refractivity contribution < 1.29 is 13.2 Å². The van der Waals surface area contributed by atoms with Crippen molar-refractivity contribution in [3.63, 3.8) is 0 Å². The third-order valence-electron chi connectivity index (χ3n) is 2.78. The van der Waals surface area contributed by atoms with Crippen LogP contribution in [0.3, 0.4) is 0 Å². The summed E-state index contributed by atoms with van der Waals surface area (Å²) in [5.41, 5.74) is -0.714. The van der Waals surface area contributed by atoms with Gasteiger partial charge in [0.1, 0.15) is 5.82 Å². The SMILES string of the molecule is Cl.Cl.FC(F)(F)c1ccc(NC2CCNCC2)nc1. The van der Waals surface area contributed by atoms with Gasteiger partial charge in [0.05, 0.1) is 5.56 Å². The van der Waals surface area contributed by atoms with Crippen molar-refractivity contribution in [3.8, 4) is 0 Å². The number of nitrogens with zero attached hydrogens (tertiary/aromatic N) is 1. The number of pyridine rings is 1. The summed E-state index contributed by atoms with van der Waals surface area (Å²) in [4.78, 5) is 3.79. The molecular formula is C11H16Cl2F3N3. The summed E-state index contributed by atoms with van der Waals surface area (Å²) in [6.07, 6.45) is -1.53. The minimum atomic E-state index is -4.32. The average Bonchev–Trinajstić information content (AvgIpc) is 2.30. The Balaban J connectivity index is 0.00000162. The van der Waals surface area contributed by atoms with E-state index < -0.39 is 11.7 Å². The number of alkyl halides is 3. The molecule has 2 rings (SSSR count). The van der Waals surface area contributed by atoms with E-state index in [1.165, 1.54) is 6.07 Å². The zero-order chi connectivity index (χ0) is 12.3. The van der Waals surface area contributed by atoms with Gasteiger partial charge in [0.25, 0.3) is 0 Å². The third-order valence-corrected chi connectivity index (χ3v) is 2.78. The molecule has 2 N–H and O–H groups in total. The lowest BCUT2D eigenvalue weighted by molar-refractivity contribution is -0.137. The first-order valence-corrected chi connectivity index (χ1v) is 5.56. The first-order valence-electron chi connectivity index (χ1n) is 5.56. The van der Waals surface area contributed by atoms with Crippen molar-refractivity contribution >= 4 is 30.6 Å². The molecule has 1 saturated heterocycles. The first-order chi connectivity index (χ1) is 8.05. The number of piperidine rings is 1. The van der Waals surface area contributed by atoms with Gasteiger partial charge in [-0.15, -0.1) is 24.8 Å². The van der Waals surface area contributed by atoms with E-state index in [-0.39, 0.29) is 24.8 Å². The second-order valence-corrected chi connectivity index (χ2v) is 4.10. The van der Waals surface area contributed by atoms with Crippen LogP contribution in [-0.2, 0) is 6.18 Å². The van der Waals surface area contributed by atoms with Gasteiger partial charge in [-0.05, 0) is 38.1 Å². The Bertz CT molecular complexity index is 364. The van der Waals surface area contributed by atoms with Crippen molar-refractivity contribution in [2.75, 3.05) is 18.4 Å². The van der Waals surface area contributed by atoms with Crippen LogP contribution < -0.4 is 10.6 Å². The molecule has 0 amide bonds. The molecule has 0 unspecified atom stereocenters. The summed E-state index contributed by atoms with van der Waals surface area (Å²) in [5, 5.41) is 6.36. The molecule has 0 saturated carbocycles. The van der Waals surface area contributed by atoms with Crippen molar-refractivity contribution in [1.82, 2.24) is 10.3 Å². The van der Waals surface area contributed by atoms with Gasteiger partial charge in [0.15, 0.2) is 0 Å². The van der Waals surface area contributed by atoms with Crippen LogP contribution in [0.15, 0.2) is 18.3 Å². The Morgan fingerprint density at radius 3 is 2.26 bits per heavy atom. The lowest BCUT2D eigenvalue weighted by atomic mass is 10.1. The average molecular weight is 318 g/mol. The van der Waals surface area contributed by atoms with Crippen molar-refractivity contribution in [3.05, 3.63) is 23.9 Å². The number of aromatic nitrogens is 1. The van der Waals surface area contributed by atoms with Crippen LogP contribution in [0.4, 0.5) is 19.0 Å². The van der Waals surface area contributed by atoms with E-state index in [1.54, 1.807) is 0 Å². The van der Waals surface area contributed by atoms with Crippen LogP contribution in [0.1, 0.15) is 18.4 Å². The fourth-order valence-corrected chi connectivity index (χ4v) is 1.82. The zero-order valence-electron chi connectivity index (χ0n) is 10.0. The highest BCUT2D eigenvalue weighted by molar-refractivity contribution is 5.85. The first kappa shape index (κ1) is 18.3. The summed E-state index contributed by atoms with van der Waals surface area (Å²) in [7, 11) is 0. The van der Waals surface area contributed by atoms with E-state index in [1.807, 2.05) is 0 Å². The van der Waals surface area contributed by atoms with Gasteiger partial charge in [-0.2, -0.15) is 13.2 Å². The largest absolute Gasteiger partial charge is 0.417 e. The van der Waals surface area contributed by atoms with Gasteiger partial charge < -0.3 is 10.6 Å². The number of nitrogens with one attached hydrogen (secondary N) is 2. The molecule has 1 aromatic heterocycles. The molecule has 1 aliphatic rings. The molecule has 3 nitrogen and oxygen atoms in total. The second kappa shape index (κ2) is 7.77. The molecule has 0 spiro atoms. The molecule has 2 heterocycles. The monoisotopic (exact) mass is 317 g/mol. The molecule has 0 aromatic carbocycles. The number of rotatable bonds is 2. The summed E-state index contributed by atoms with van der Waals surface area (Å²) in [6, 6.07) is 2.72. The van der Waals surface area contributed by atoms with Gasteiger partial charge in [-0.1, -0.05) is 0 Å². The predicted octanol–water partition coefficient (Wildman–Crippen LogP) is 3.11. The fourth-order valence-electron chi connectivity index (χ4n) is 1.82. The van der Waals surface area contributed by atoms with Crippen LogP contribution in [0.5, 0.6) is 0 Å². The lowest BCUT2D eigenvalue weighted by Gasteiger charge is -2.24. The Morgan fingerprint density at radius 2 is 1.79 bits per heavy atom. The fraction of sp³-hybridized carbons (Fsp3) is 0.545. The molecule has 0 bridgehead atoms. The summed E-state index contributed by atoms with van der Waals surface area (Å²) >= 11 is 0. The van der Waals surface area contributed by atoms with Crippen molar-refractivity contribution in [2.45, 2.75) is 25.1 Å². The molecule has 1 aliphatic heterocycles. The van der Waals surface area contributed by atoms with E-state index in [4.69, 9.17) is 0 Å². The second-order valence-electron chi connectivity index (χ2n) is 4.10. The number of hydrogen-bond donors (Lipinski definition) is 2. The highest BCUT2D eigenvalue weighted by Gasteiger charge is 2.30. The molecule has 1 fully saturated rings. The maximum Gasteiger partial charge on any atom is 0.417 e. The normalized spacial score (nSPS) is 16.2. The number of halogens is 5. The molecule has 110 valence electrons. The maximum absolute atomic E-state index is 12.3. The van der Waals surface area contributed by atoms with Gasteiger partial charge in [-0.3, -0.25) is 0 Å². The van der Waals surface area contributed by atoms with E-state index in [0.29, 0.717) is 11.9 Å². The number of hydrogen-bond acceptors (Lipinski definition) is 3. The standard InChI is InChI=1S/C11H14F3N3.2ClH/c12-11(13,14)8-1-2-10(16-7-8)17-9-3-5-15-6-4-9;;/h1-2,7,9,15H,3-6H2,(H,16,17);2*1H. The Labute approximate surface area is 122 Å². The molecular weight excluding hydrogens is 302 g/mol. The minimum absolute atomic E-state index is 0. The Hall–Kier alpha value is -0.720. The van der Waals surface area contributed by atoms with Gasteiger partial charge >= 0.3 is 6.18 Å². The van der Waals surface area contributed by atoms with E-state index in [0.717, 1.165) is 38.2 Å². The quantitative estimate of drug-likeness (QED) is 0.880. The maximum atomic E-state index is 12.3. The van der Waals surface area contributed by atoms with E-state index in [2.05, 4.69) is 15.6 Å². The smallest absolute Gasteiger partial charge is 0.367 e. The summed E-state index contributed by atoms with van der Waals surface area (Å²) < 4.78 is 36.9. The summed E-state index contributed by atoms with van der Waals surface area (Å²) in [6.45, 7) is 1.86. The molecule has 0 aliphatic carbocycles. The van der Waals surface area contributed by atoms with Crippen LogP contribution in [0.25, 0.3) is 0 Å². The van der Waals surface area contributed by atoms with Crippen molar-refractivity contribution in [2.24, 2.45) is 0 Å². The molecule has 8 heteroatoms. The van der Waals surface area contributed by atoms with Gasteiger partial charge in [0.2, 0.25) is 0 Å². The molecule has 0 radical (unpaired) electrons. The number of anilines is 1. The minimum Gasteiger partial charge on any atom is -0.367 e. The molecule has 0 atom stereocenters. The van der Waals surface area contributed by atoms with Gasteiger partial charge in [0, 0.05) is 12.2 Å². The predicted molar refractivity (Wildman–Crippen MR) is 73.2 cm³/mol. The Kier molecular flexibility index (Phi) is 7.47. The molecule has 19 heavy (non-hydrogen) atoms. The zero-order valence-corrected chi connectivity index (χ0v) is 11.7. The van der Waals surface area contributed by atoms with E-state index >= 15 is 0 Å². The van der Waals surface area contributed by atoms with Crippen molar-refractivity contribution in [1.29, 1.82) is 0 Å². The Morgan fingerprint density at radius 1 is 1.16 bits per heavy atom. The summed E-state index contributed by atoms with van der Waals surface area (Å²) in [5.74, 6) is 0.505. The third kappa shape index (κ3) is 5.42. The highest BCUT2D eigenvalue weighted by atomic mass is 35.5. The van der Waals surface area contributed by atoms with Crippen LogP contribution in [0.2, 0.25) is 0 Å². The molecule has 1 aromatic rings. The van der Waals surface area contributed by atoms with Crippen LogP contribution >= 0.6 is 24.8 Å². The van der Waals surface area contributed by atoms with Crippen LogP contribution in [0, 0.1) is 0 Å². The topological polar surface area (TPSA) is 37.0 Å². The highest BCUT2D eigenvalue weighted by Crippen LogP contribution is 2.29.